The lowest BCUT2D eigenvalue weighted by atomic mass is 10.0. The Morgan fingerprint density at radius 3 is 2.29 bits per heavy atom. The van der Waals surface area contributed by atoms with E-state index in [2.05, 4.69) is 4.74 Å². The van der Waals surface area contributed by atoms with E-state index in [1.807, 2.05) is 12.1 Å². The summed E-state index contributed by atoms with van der Waals surface area (Å²) in [4.78, 5) is 14.8. The molecule has 1 aliphatic heterocycles. The zero-order chi connectivity index (χ0) is 22.2. The average molecular weight is 415 g/mol. The summed E-state index contributed by atoms with van der Waals surface area (Å²) in [6, 6.07) is 18.0. The van der Waals surface area contributed by atoms with Crippen LogP contribution in [0, 0.1) is 22.7 Å². The third-order valence-electron chi connectivity index (χ3n) is 4.28. The Labute approximate surface area is 177 Å². The third-order valence-corrected chi connectivity index (χ3v) is 4.28. The summed E-state index contributed by atoms with van der Waals surface area (Å²) in [6.45, 7) is -2.94. The molecular formula is C24H15F2N3O2. The van der Waals surface area contributed by atoms with Crippen molar-refractivity contribution in [2.75, 3.05) is 0 Å². The zero-order valence-corrected chi connectivity index (χ0v) is 16.1. The van der Waals surface area contributed by atoms with E-state index in [1.165, 1.54) is 29.2 Å². The van der Waals surface area contributed by atoms with Crippen LogP contribution in [0.3, 0.4) is 0 Å². The highest BCUT2D eigenvalue weighted by atomic mass is 19.3. The van der Waals surface area contributed by atoms with Crippen LogP contribution in [0.15, 0.2) is 96.0 Å². The molecule has 0 saturated heterocycles. The van der Waals surface area contributed by atoms with Gasteiger partial charge in [0, 0.05) is 11.8 Å². The highest BCUT2D eigenvalue weighted by Crippen LogP contribution is 2.27. The van der Waals surface area contributed by atoms with Crippen molar-refractivity contribution in [3.63, 3.8) is 0 Å². The number of nitrogens with zero attached hydrogens (tertiary/aromatic N) is 3. The van der Waals surface area contributed by atoms with E-state index in [4.69, 9.17) is 0 Å². The zero-order valence-electron chi connectivity index (χ0n) is 16.1. The fourth-order valence-corrected chi connectivity index (χ4v) is 2.88. The van der Waals surface area contributed by atoms with Gasteiger partial charge in [0.05, 0.1) is 11.4 Å². The summed E-state index contributed by atoms with van der Waals surface area (Å²) >= 11 is 0. The van der Waals surface area contributed by atoms with E-state index in [9.17, 15) is 24.1 Å². The largest absolute Gasteiger partial charge is 0.435 e. The van der Waals surface area contributed by atoms with E-state index in [0.29, 0.717) is 11.1 Å². The van der Waals surface area contributed by atoms with Crippen molar-refractivity contribution < 1.29 is 18.3 Å². The lowest BCUT2D eigenvalue weighted by Gasteiger charge is -2.26. The Morgan fingerprint density at radius 1 is 1.00 bits per heavy atom. The monoisotopic (exact) mass is 415 g/mol. The van der Waals surface area contributed by atoms with Crippen molar-refractivity contribution in [1.82, 2.24) is 4.90 Å². The number of hydrogen-bond donors (Lipinski definition) is 0. The fourth-order valence-electron chi connectivity index (χ4n) is 2.88. The predicted octanol–water partition coefficient (Wildman–Crippen LogP) is 5.20. The van der Waals surface area contributed by atoms with E-state index in [0.717, 1.165) is 0 Å². The molecule has 0 atom stereocenters. The smallest absolute Gasteiger partial charge is 0.387 e. The fraction of sp³-hybridized carbons (Fsp3) is 0.0417. The van der Waals surface area contributed by atoms with Crippen LogP contribution in [0.4, 0.5) is 8.78 Å². The van der Waals surface area contributed by atoms with Gasteiger partial charge in [-0.3, -0.25) is 4.79 Å². The van der Waals surface area contributed by atoms with Crippen LogP contribution in [0.25, 0.3) is 6.08 Å². The normalized spacial score (nSPS) is 13.0. The number of carbonyl (C=O) groups is 1. The SMILES string of the molecule is N#CC(C#N)=C1C=CC=CN1/C(=C\c1ccc(OC(F)F)cc1)C(=O)c1ccccc1. The van der Waals surface area contributed by atoms with Crippen LogP contribution in [0.1, 0.15) is 15.9 Å². The lowest BCUT2D eigenvalue weighted by molar-refractivity contribution is -0.0498. The number of ether oxygens (including phenoxy) is 1. The minimum absolute atomic E-state index is 0.0132. The van der Waals surface area contributed by atoms with Gasteiger partial charge in [0.15, 0.2) is 5.57 Å². The molecule has 2 aromatic rings. The highest BCUT2D eigenvalue weighted by Gasteiger charge is 2.23. The van der Waals surface area contributed by atoms with Crippen LogP contribution < -0.4 is 4.74 Å². The molecule has 1 aliphatic rings. The average Bonchev–Trinajstić information content (AvgIpc) is 2.80. The minimum Gasteiger partial charge on any atom is -0.435 e. The molecule has 0 spiro atoms. The van der Waals surface area contributed by atoms with E-state index < -0.39 is 6.61 Å². The molecule has 1 heterocycles. The topological polar surface area (TPSA) is 77.1 Å². The number of nitriles is 2. The van der Waals surface area contributed by atoms with Gasteiger partial charge in [-0.25, -0.2) is 0 Å². The van der Waals surface area contributed by atoms with Gasteiger partial charge in [-0.15, -0.1) is 0 Å². The van der Waals surface area contributed by atoms with Crippen molar-refractivity contribution in [3.8, 4) is 17.9 Å². The van der Waals surface area contributed by atoms with Gasteiger partial charge in [0.25, 0.3) is 0 Å². The maximum Gasteiger partial charge on any atom is 0.387 e. The van der Waals surface area contributed by atoms with Crippen molar-refractivity contribution in [3.05, 3.63) is 107 Å². The Hall–Kier alpha value is -4.49. The van der Waals surface area contributed by atoms with Crippen LogP contribution >= 0.6 is 0 Å². The van der Waals surface area contributed by atoms with Crippen LogP contribution in [0.5, 0.6) is 5.75 Å². The number of alkyl halides is 2. The Balaban J connectivity index is 2.11. The second-order valence-electron chi connectivity index (χ2n) is 6.23. The number of ketones is 1. The summed E-state index contributed by atoms with van der Waals surface area (Å²) in [6.07, 6.45) is 8.01. The maximum atomic E-state index is 13.3. The molecule has 0 bridgehead atoms. The predicted molar refractivity (Wildman–Crippen MR) is 110 cm³/mol. The summed E-state index contributed by atoms with van der Waals surface area (Å²) in [7, 11) is 0. The Morgan fingerprint density at radius 2 is 1.68 bits per heavy atom. The molecule has 2 aromatic carbocycles. The third kappa shape index (κ3) is 5.11. The summed E-state index contributed by atoms with van der Waals surface area (Å²) in [5.41, 5.74) is 1.21. The second kappa shape index (κ2) is 9.82. The van der Waals surface area contributed by atoms with Crippen molar-refractivity contribution in [1.29, 1.82) is 10.5 Å². The van der Waals surface area contributed by atoms with Gasteiger partial charge >= 0.3 is 6.61 Å². The van der Waals surface area contributed by atoms with E-state index in [1.54, 1.807) is 60.8 Å². The van der Waals surface area contributed by atoms with Crippen LogP contribution in [-0.4, -0.2) is 17.3 Å². The number of Topliss-reactive ketones (excluding diaryl/α,β-unsaturated/α-hetero) is 1. The van der Waals surface area contributed by atoms with Crippen molar-refractivity contribution >= 4 is 11.9 Å². The first-order valence-corrected chi connectivity index (χ1v) is 9.08. The molecule has 0 saturated carbocycles. The quantitative estimate of drug-likeness (QED) is 0.368. The number of allylic oxidation sites excluding steroid dienone is 5. The molecule has 0 fully saturated rings. The molecule has 152 valence electrons. The summed E-state index contributed by atoms with van der Waals surface area (Å²) < 4.78 is 29.1. The van der Waals surface area contributed by atoms with E-state index >= 15 is 0 Å². The number of halogens is 2. The first-order chi connectivity index (χ1) is 15.0. The molecule has 0 N–H and O–H groups in total. The lowest BCUT2D eigenvalue weighted by Crippen LogP contribution is -2.24. The number of benzene rings is 2. The molecule has 5 nitrogen and oxygen atoms in total. The van der Waals surface area contributed by atoms with Gasteiger partial charge in [0.1, 0.15) is 17.9 Å². The summed E-state index contributed by atoms with van der Waals surface area (Å²) in [5, 5.41) is 18.7. The number of carbonyl (C=O) groups excluding carboxylic acids is 1. The highest BCUT2D eigenvalue weighted by molar-refractivity contribution is 6.11. The van der Waals surface area contributed by atoms with Gasteiger partial charge in [-0.05, 0) is 35.9 Å². The van der Waals surface area contributed by atoms with Crippen molar-refractivity contribution in [2.24, 2.45) is 0 Å². The molecule has 0 aliphatic carbocycles. The van der Waals surface area contributed by atoms with E-state index in [-0.39, 0.29) is 28.5 Å². The first-order valence-electron chi connectivity index (χ1n) is 9.08. The molecule has 0 radical (unpaired) electrons. The number of hydrogen-bond acceptors (Lipinski definition) is 5. The standard InChI is InChI=1S/C24H15F2N3O2/c25-24(26)31-20-11-9-17(10-12-20)14-22(23(30)18-6-2-1-3-7-18)29-13-5-4-8-21(29)19(15-27)16-28/h1-14,24H/b22-14-. The van der Waals surface area contributed by atoms with Gasteiger partial charge in [-0.1, -0.05) is 48.5 Å². The van der Waals surface area contributed by atoms with Crippen LogP contribution in [0.2, 0.25) is 0 Å². The maximum absolute atomic E-state index is 13.3. The molecule has 7 heteroatoms. The molecule has 31 heavy (non-hydrogen) atoms. The molecular weight excluding hydrogens is 400 g/mol. The van der Waals surface area contributed by atoms with Crippen molar-refractivity contribution in [2.45, 2.75) is 6.61 Å². The number of rotatable bonds is 6. The first kappa shape index (κ1) is 21.2. The molecule has 3 rings (SSSR count). The molecule has 0 unspecified atom stereocenters. The molecule has 0 aromatic heterocycles. The Bertz CT molecular complexity index is 1150. The molecule has 0 amide bonds. The summed E-state index contributed by atoms with van der Waals surface area (Å²) in [5.74, 6) is -0.359. The van der Waals surface area contributed by atoms with Crippen LogP contribution in [-0.2, 0) is 0 Å². The second-order valence-corrected chi connectivity index (χ2v) is 6.23. The van der Waals surface area contributed by atoms with Gasteiger partial charge in [0.2, 0.25) is 5.78 Å². The van der Waals surface area contributed by atoms with Gasteiger partial charge in [-0.2, -0.15) is 19.3 Å². The van der Waals surface area contributed by atoms with Gasteiger partial charge < -0.3 is 9.64 Å². The minimum atomic E-state index is -2.94. The Kier molecular flexibility index (Phi) is 6.72.